The van der Waals surface area contributed by atoms with Gasteiger partial charge in [0, 0.05) is 21.5 Å². The Labute approximate surface area is 110 Å². The van der Waals surface area contributed by atoms with Crippen molar-refractivity contribution in [2.75, 3.05) is 11.9 Å². The predicted molar refractivity (Wildman–Crippen MR) is 74.6 cm³/mol. The van der Waals surface area contributed by atoms with Crippen LogP contribution >= 0.6 is 0 Å². The number of nitrogens with one attached hydrogen (secondary N) is 2. The lowest BCUT2D eigenvalue weighted by Gasteiger charge is -2.21. The molecule has 0 aromatic heterocycles. The van der Waals surface area contributed by atoms with Crippen LogP contribution in [0.3, 0.4) is 0 Å². The second-order valence-electron chi connectivity index (χ2n) is 4.55. The van der Waals surface area contributed by atoms with Crippen molar-refractivity contribution >= 4 is 17.5 Å². The Morgan fingerprint density at radius 2 is 2.06 bits per heavy atom. The second kappa shape index (κ2) is 5.67. The maximum atomic E-state index is 11.7. The van der Waals surface area contributed by atoms with Crippen molar-refractivity contribution in [3.8, 4) is 0 Å². The maximum Gasteiger partial charge on any atom is 0.234 e. The SMILES string of the molecule is CCCNc1ccc(C2CCC(=O)NC2=O)cc1.[HH].[HH]. The molecule has 1 aromatic carbocycles. The van der Waals surface area contributed by atoms with Crippen LogP contribution in [0.5, 0.6) is 0 Å². The number of imide groups is 1. The van der Waals surface area contributed by atoms with Gasteiger partial charge in [0.15, 0.2) is 0 Å². The molecule has 0 radical (unpaired) electrons. The van der Waals surface area contributed by atoms with Crippen LogP contribution in [0.2, 0.25) is 0 Å². The molecule has 4 heteroatoms. The van der Waals surface area contributed by atoms with E-state index in [1.54, 1.807) is 0 Å². The van der Waals surface area contributed by atoms with E-state index in [0.717, 1.165) is 24.2 Å². The fraction of sp³-hybridized carbons (Fsp3) is 0.429. The van der Waals surface area contributed by atoms with Crippen LogP contribution in [-0.4, -0.2) is 18.4 Å². The summed E-state index contributed by atoms with van der Waals surface area (Å²) in [6, 6.07) is 7.87. The lowest BCUT2D eigenvalue weighted by Crippen LogP contribution is -2.39. The Hall–Kier alpha value is -1.84. The molecule has 0 aliphatic carbocycles. The molecule has 1 aliphatic rings. The molecule has 2 amide bonds. The average molecular weight is 250 g/mol. The van der Waals surface area contributed by atoms with E-state index in [2.05, 4.69) is 17.6 Å². The van der Waals surface area contributed by atoms with E-state index in [4.69, 9.17) is 0 Å². The third kappa shape index (κ3) is 2.88. The van der Waals surface area contributed by atoms with Crippen molar-refractivity contribution in [3.05, 3.63) is 29.8 Å². The minimum absolute atomic E-state index is 0. The smallest absolute Gasteiger partial charge is 0.234 e. The Morgan fingerprint density at radius 1 is 1.33 bits per heavy atom. The van der Waals surface area contributed by atoms with E-state index in [1.807, 2.05) is 24.3 Å². The minimum atomic E-state index is -0.192. The van der Waals surface area contributed by atoms with Crippen molar-refractivity contribution in [3.63, 3.8) is 0 Å². The first-order valence-electron chi connectivity index (χ1n) is 6.38. The van der Waals surface area contributed by atoms with Crippen LogP contribution in [0.4, 0.5) is 5.69 Å². The second-order valence-corrected chi connectivity index (χ2v) is 4.55. The van der Waals surface area contributed by atoms with Gasteiger partial charge in [0.05, 0.1) is 5.92 Å². The highest BCUT2D eigenvalue weighted by atomic mass is 16.2. The van der Waals surface area contributed by atoms with Gasteiger partial charge < -0.3 is 5.32 Å². The summed E-state index contributed by atoms with van der Waals surface area (Å²) in [6.07, 6.45) is 2.10. The molecular formula is C14H22N2O2. The van der Waals surface area contributed by atoms with Crippen molar-refractivity contribution < 1.29 is 12.4 Å². The van der Waals surface area contributed by atoms with Crippen LogP contribution in [0.25, 0.3) is 0 Å². The third-order valence-corrected chi connectivity index (χ3v) is 3.13. The van der Waals surface area contributed by atoms with E-state index in [0.29, 0.717) is 12.8 Å². The number of amides is 2. The summed E-state index contributed by atoms with van der Waals surface area (Å²) in [5.41, 5.74) is 2.04. The summed E-state index contributed by atoms with van der Waals surface area (Å²) < 4.78 is 0. The van der Waals surface area contributed by atoms with Crippen molar-refractivity contribution in [2.24, 2.45) is 0 Å². The van der Waals surface area contributed by atoms with Crippen LogP contribution in [0.1, 0.15) is 40.5 Å². The fourth-order valence-corrected chi connectivity index (χ4v) is 2.11. The Morgan fingerprint density at radius 3 is 2.67 bits per heavy atom. The number of piperidine rings is 1. The van der Waals surface area contributed by atoms with Gasteiger partial charge in [0.1, 0.15) is 0 Å². The summed E-state index contributed by atoms with van der Waals surface area (Å²) >= 11 is 0. The lowest BCUT2D eigenvalue weighted by molar-refractivity contribution is -0.134. The Kier molecular flexibility index (Phi) is 3.97. The topological polar surface area (TPSA) is 58.2 Å². The van der Waals surface area contributed by atoms with Crippen molar-refractivity contribution in [2.45, 2.75) is 32.1 Å². The van der Waals surface area contributed by atoms with E-state index < -0.39 is 0 Å². The summed E-state index contributed by atoms with van der Waals surface area (Å²) in [6.45, 7) is 3.06. The van der Waals surface area contributed by atoms with Gasteiger partial charge in [-0.05, 0) is 30.5 Å². The van der Waals surface area contributed by atoms with Crippen molar-refractivity contribution in [1.29, 1.82) is 0 Å². The van der Waals surface area contributed by atoms with Gasteiger partial charge in [-0.2, -0.15) is 0 Å². The molecular weight excluding hydrogens is 228 g/mol. The summed E-state index contributed by atoms with van der Waals surface area (Å²) in [7, 11) is 0. The predicted octanol–water partition coefficient (Wildman–Crippen LogP) is 2.52. The first-order valence-corrected chi connectivity index (χ1v) is 6.38. The molecule has 1 fully saturated rings. The quantitative estimate of drug-likeness (QED) is 0.807. The maximum absolute atomic E-state index is 11.7. The zero-order valence-electron chi connectivity index (χ0n) is 10.5. The first kappa shape index (κ1) is 12.6. The number of rotatable bonds is 4. The van der Waals surface area contributed by atoms with Crippen LogP contribution < -0.4 is 10.6 Å². The van der Waals surface area contributed by atoms with E-state index >= 15 is 0 Å². The molecule has 100 valence electrons. The molecule has 1 unspecified atom stereocenters. The molecule has 18 heavy (non-hydrogen) atoms. The van der Waals surface area contributed by atoms with Gasteiger partial charge >= 0.3 is 0 Å². The van der Waals surface area contributed by atoms with E-state index in [1.165, 1.54) is 0 Å². The van der Waals surface area contributed by atoms with E-state index in [9.17, 15) is 9.59 Å². The van der Waals surface area contributed by atoms with Crippen LogP contribution in [0.15, 0.2) is 24.3 Å². The summed E-state index contributed by atoms with van der Waals surface area (Å²) in [5.74, 6) is -0.541. The zero-order valence-corrected chi connectivity index (χ0v) is 10.5. The number of hydrogen-bond acceptors (Lipinski definition) is 3. The third-order valence-electron chi connectivity index (χ3n) is 3.13. The molecule has 4 nitrogen and oxygen atoms in total. The molecule has 1 aliphatic heterocycles. The number of benzene rings is 1. The number of anilines is 1. The molecule has 0 bridgehead atoms. The molecule has 0 spiro atoms. The minimum Gasteiger partial charge on any atom is -0.385 e. The standard InChI is InChI=1S/C14H18N2O2.2H2/c1-2-9-15-11-5-3-10(4-6-11)12-7-8-13(17)16-14(12)18;;/h3-6,12,15H,2,7-9H2,1H3,(H,16,17,18);2*1H. The van der Waals surface area contributed by atoms with Crippen molar-refractivity contribution in [1.82, 2.24) is 5.32 Å². The molecule has 1 saturated heterocycles. The molecule has 2 N–H and O–H groups in total. The Balaban J connectivity index is 0.00000180. The molecule has 1 aromatic rings. The van der Waals surface area contributed by atoms with Gasteiger partial charge in [-0.1, -0.05) is 19.1 Å². The normalized spacial score (nSPS) is 19.5. The highest BCUT2D eigenvalue weighted by Crippen LogP contribution is 2.25. The molecule has 1 heterocycles. The summed E-state index contributed by atoms with van der Waals surface area (Å²) in [5, 5.41) is 5.67. The highest BCUT2D eigenvalue weighted by molar-refractivity contribution is 6.00. The van der Waals surface area contributed by atoms with Crippen LogP contribution in [-0.2, 0) is 9.59 Å². The number of carbonyl (C=O) groups excluding carboxylic acids is 2. The zero-order chi connectivity index (χ0) is 13.0. The largest absolute Gasteiger partial charge is 0.385 e. The van der Waals surface area contributed by atoms with Gasteiger partial charge in [0.2, 0.25) is 11.8 Å². The highest BCUT2D eigenvalue weighted by Gasteiger charge is 2.27. The number of carbonyl (C=O) groups is 2. The van der Waals surface area contributed by atoms with Gasteiger partial charge in [-0.3, -0.25) is 14.9 Å². The van der Waals surface area contributed by atoms with Gasteiger partial charge in [-0.25, -0.2) is 0 Å². The average Bonchev–Trinajstić information content (AvgIpc) is 2.37. The fourth-order valence-electron chi connectivity index (χ4n) is 2.11. The Bertz CT molecular complexity index is 449. The molecule has 0 saturated carbocycles. The van der Waals surface area contributed by atoms with E-state index in [-0.39, 0.29) is 20.6 Å². The molecule has 1 atom stereocenters. The van der Waals surface area contributed by atoms with Gasteiger partial charge in [0.25, 0.3) is 0 Å². The summed E-state index contributed by atoms with van der Waals surface area (Å²) in [4.78, 5) is 22.8. The lowest BCUT2D eigenvalue weighted by atomic mass is 9.90. The van der Waals surface area contributed by atoms with Crippen LogP contribution in [0, 0.1) is 0 Å². The first-order chi connectivity index (χ1) is 8.70. The number of hydrogen-bond donors (Lipinski definition) is 2. The molecule has 2 rings (SSSR count). The van der Waals surface area contributed by atoms with Gasteiger partial charge in [-0.15, -0.1) is 0 Å². The monoisotopic (exact) mass is 250 g/mol.